The van der Waals surface area contributed by atoms with Crippen molar-refractivity contribution in [3.63, 3.8) is 0 Å². The number of amides is 1. The number of ether oxygens (including phenoxy) is 1. The molecule has 0 aliphatic carbocycles. The number of nitrogens with one attached hydrogen (secondary N) is 1. The molecule has 3 aromatic rings. The van der Waals surface area contributed by atoms with E-state index < -0.39 is 0 Å². The van der Waals surface area contributed by atoms with Crippen molar-refractivity contribution in [2.24, 2.45) is 0 Å². The van der Waals surface area contributed by atoms with Crippen molar-refractivity contribution < 1.29 is 9.53 Å². The fourth-order valence-electron chi connectivity index (χ4n) is 2.26. The van der Waals surface area contributed by atoms with E-state index in [0.717, 1.165) is 27.2 Å². The van der Waals surface area contributed by atoms with Crippen molar-refractivity contribution in [2.75, 3.05) is 13.2 Å². The molecule has 0 atom stereocenters. The number of benzene rings is 2. The van der Waals surface area contributed by atoms with Crippen LogP contribution < -0.4 is 5.32 Å². The number of hydrogen-bond donors (Lipinski definition) is 1. The van der Waals surface area contributed by atoms with Gasteiger partial charge in [-0.25, -0.2) is 4.98 Å². The molecular weight excluding hydrogens is 344 g/mol. The Morgan fingerprint density at radius 1 is 1.17 bits per heavy atom. The van der Waals surface area contributed by atoms with Crippen LogP contribution in [0.5, 0.6) is 0 Å². The number of aromatic nitrogens is 1. The van der Waals surface area contributed by atoms with Crippen LogP contribution >= 0.6 is 22.9 Å². The number of thiazole rings is 1. The fraction of sp³-hybridized carbons (Fsp3) is 0.222. The van der Waals surface area contributed by atoms with Gasteiger partial charge in [-0.15, -0.1) is 11.3 Å². The summed E-state index contributed by atoms with van der Waals surface area (Å²) < 4.78 is 6.58. The third kappa shape index (κ3) is 4.77. The van der Waals surface area contributed by atoms with Crippen molar-refractivity contribution in [3.8, 4) is 0 Å². The van der Waals surface area contributed by atoms with E-state index in [0.29, 0.717) is 18.2 Å². The van der Waals surface area contributed by atoms with Gasteiger partial charge in [0.1, 0.15) is 11.6 Å². The van der Waals surface area contributed by atoms with Gasteiger partial charge in [-0.1, -0.05) is 35.9 Å². The number of rotatable bonds is 7. The average Bonchev–Trinajstić information content (AvgIpc) is 2.99. The van der Waals surface area contributed by atoms with Gasteiger partial charge in [-0.05, 0) is 36.2 Å². The van der Waals surface area contributed by atoms with Crippen LogP contribution in [-0.4, -0.2) is 24.0 Å². The maximum absolute atomic E-state index is 11.8. The van der Waals surface area contributed by atoms with E-state index in [1.165, 1.54) is 0 Å². The topological polar surface area (TPSA) is 51.2 Å². The zero-order chi connectivity index (χ0) is 16.8. The molecule has 124 valence electrons. The van der Waals surface area contributed by atoms with Gasteiger partial charge in [0.05, 0.1) is 16.8 Å². The quantitative estimate of drug-likeness (QED) is 0.696. The second kappa shape index (κ2) is 8.24. The summed E-state index contributed by atoms with van der Waals surface area (Å²) in [5.74, 6) is -0.120. The molecule has 24 heavy (non-hydrogen) atoms. The highest BCUT2D eigenvalue weighted by Crippen LogP contribution is 2.21. The SMILES string of the molecule is O=C(COCc1nc2ccccc2s1)NCCc1ccc(Cl)cc1. The second-order valence-electron chi connectivity index (χ2n) is 5.29. The van der Waals surface area contributed by atoms with Crippen LogP contribution in [0.25, 0.3) is 10.2 Å². The molecule has 1 heterocycles. The van der Waals surface area contributed by atoms with Crippen LogP contribution in [0.1, 0.15) is 10.6 Å². The first-order valence-electron chi connectivity index (χ1n) is 7.64. The molecule has 3 rings (SSSR count). The Kier molecular flexibility index (Phi) is 5.80. The zero-order valence-electron chi connectivity index (χ0n) is 13.0. The van der Waals surface area contributed by atoms with E-state index in [1.807, 2.05) is 48.5 Å². The normalized spacial score (nSPS) is 10.9. The average molecular weight is 361 g/mol. The number of carbonyl (C=O) groups excluding carboxylic acids is 1. The molecule has 0 bridgehead atoms. The van der Waals surface area contributed by atoms with E-state index in [4.69, 9.17) is 16.3 Å². The summed E-state index contributed by atoms with van der Waals surface area (Å²) >= 11 is 7.43. The van der Waals surface area contributed by atoms with E-state index >= 15 is 0 Å². The van der Waals surface area contributed by atoms with Crippen LogP contribution in [0.4, 0.5) is 0 Å². The number of carbonyl (C=O) groups is 1. The van der Waals surface area contributed by atoms with Crippen LogP contribution in [0.3, 0.4) is 0 Å². The molecule has 0 saturated carbocycles. The molecular formula is C18H17ClN2O2S. The standard InChI is InChI=1S/C18H17ClN2O2S/c19-14-7-5-13(6-8-14)9-10-20-17(22)11-23-12-18-21-15-3-1-2-4-16(15)24-18/h1-8H,9-12H2,(H,20,22). The first-order chi connectivity index (χ1) is 11.7. The van der Waals surface area contributed by atoms with Crippen LogP contribution in [0.2, 0.25) is 5.02 Å². The second-order valence-corrected chi connectivity index (χ2v) is 6.85. The molecule has 0 aliphatic heterocycles. The number of halogens is 1. The zero-order valence-corrected chi connectivity index (χ0v) is 14.6. The Balaban J connectivity index is 1.37. The monoisotopic (exact) mass is 360 g/mol. The molecule has 0 radical (unpaired) electrons. The Bertz CT molecular complexity index is 784. The minimum Gasteiger partial charge on any atom is -0.364 e. The summed E-state index contributed by atoms with van der Waals surface area (Å²) in [6.07, 6.45) is 0.765. The van der Waals surface area contributed by atoms with Gasteiger partial charge in [0.15, 0.2) is 0 Å². The summed E-state index contributed by atoms with van der Waals surface area (Å²) in [5, 5.41) is 4.44. The lowest BCUT2D eigenvalue weighted by molar-refractivity contribution is -0.126. The maximum atomic E-state index is 11.8. The highest BCUT2D eigenvalue weighted by atomic mass is 35.5. The minimum absolute atomic E-state index is 0.0382. The van der Waals surface area contributed by atoms with Gasteiger partial charge in [-0.3, -0.25) is 4.79 Å². The van der Waals surface area contributed by atoms with Crippen molar-refractivity contribution in [1.82, 2.24) is 10.3 Å². The lowest BCUT2D eigenvalue weighted by atomic mass is 10.1. The lowest BCUT2D eigenvalue weighted by Crippen LogP contribution is -2.29. The van der Waals surface area contributed by atoms with Gasteiger partial charge >= 0.3 is 0 Å². The molecule has 4 nitrogen and oxygen atoms in total. The third-order valence-electron chi connectivity index (χ3n) is 3.45. The predicted molar refractivity (Wildman–Crippen MR) is 97.4 cm³/mol. The smallest absolute Gasteiger partial charge is 0.246 e. The van der Waals surface area contributed by atoms with Gasteiger partial charge in [0, 0.05) is 11.6 Å². The van der Waals surface area contributed by atoms with E-state index in [2.05, 4.69) is 10.3 Å². The van der Waals surface area contributed by atoms with Crippen molar-refractivity contribution in [3.05, 3.63) is 64.1 Å². The maximum Gasteiger partial charge on any atom is 0.246 e. The summed E-state index contributed by atoms with van der Waals surface area (Å²) in [6.45, 7) is 0.964. The summed E-state index contributed by atoms with van der Waals surface area (Å²) in [6, 6.07) is 15.6. The van der Waals surface area contributed by atoms with Crippen LogP contribution in [0.15, 0.2) is 48.5 Å². The fourth-order valence-corrected chi connectivity index (χ4v) is 3.29. The van der Waals surface area contributed by atoms with Crippen molar-refractivity contribution in [1.29, 1.82) is 0 Å². The highest BCUT2D eigenvalue weighted by Gasteiger charge is 2.05. The number of fused-ring (bicyclic) bond motifs is 1. The highest BCUT2D eigenvalue weighted by molar-refractivity contribution is 7.18. The molecule has 1 amide bonds. The predicted octanol–water partition coefficient (Wildman–Crippen LogP) is 3.83. The van der Waals surface area contributed by atoms with Crippen LogP contribution in [-0.2, 0) is 22.6 Å². The molecule has 0 saturated heterocycles. The number of para-hydroxylation sites is 1. The van der Waals surface area contributed by atoms with Gasteiger partial charge in [0.2, 0.25) is 5.91 Å². The number of nitrogens with zero attached hydrogens (tertiary/aromatic N) is 1. The molecule has 1 aromatic heterocycles. The van der Waals surface area contributed by atoms with Gasteiger partial charge in [-0.2, -0.15) is 0 Å². The Morgan fingerprint density at radius 2 is 1.96 bits per heavy atom. The Labute approximate surface area is 149 Å². The first kappa shape index (κ1) is 16.9. The van der Waals surface area contributed by atoms with Gasteiger partial charge in [0.25, 0.3) is 0 Å². The Hall–Kier alpha value is -1.95. The minimum atomic E-state index is -0.120. The Morgan fingerprint density at radius 3 is 2.75 bits per heavy atom. The molecule has 0 spiro atoms. The first-order valence-corrected chi connectivity index (χ1v) is 8.83. The largest absolute Gasteiger partial charge is 0.364 e. The summed E-state index contributed by atoms with van der Waals surface area (Å²) in [4.78, 5) is 16.2. The summed E-state index contributed by atoms with van der Waals surface area (Å²) in [5.41, 5.74) is 2.10. The molecule has 2 aromatic carbocycles. The molecule has 0 unspecified atom stereocenters. The van der Waals surface area contributed by atoms with Crippen molar-refractivity contribution in [2.45, 2.75) is 13.0 Å². The van der Waals surface area contributed by atoms with Gasteiger partial charge < -0.3 is 10.1 Å². The van der Waals surface area contributed by atoms with E-state index in [-0.39, 0.29) is 12.5 Å². The molecule has 1 N–H and O–H groups in total. The summed E-state index contributed by atoms with van der Waals surface area (Å²) in [7, 11) is 0. The number of hydrogen-bond acceptors (Lipinski definition) is 4. The lowest BCUT2D eigenvalue weighted by Gasteiger charge is -2.06. The third-order valence-corrected chi connectivity index (χ3v) is 4.71. The van der Waals surface area contributed by atoms with E-state index in [9.17, 15) is 4.79 Å². The molecule has 0 fully saturated rings. The van der Waals surface area contributed by atoms with Crippen LogP contribution in [0, 0.1) is 0 Å². The molecule has 0 aliphatic rings. The van der Waals surface area contributed by atoms with E-state index in [1.54, 1.807) is 11.3 Å². The van der Waals surface area contributed by atoms with Crippen molar-refractivity contribution >= 4 is 39.1 Å². The molecule has 6 heteroatoms.